The molecule has 0 radical (unpaired) electrons. The minimum Gasteiger partial charge on any atom is -0.463 e. The van der Waals surface area contributed by atoms with E-state index in [4.69, 9.17) is 16.3 Å². The van der Waals surface area contributed by atoms with E-state index in [9.17, 15) is 9.18 Å². The highest BCUT2D eigenvalue weighted by atomic mass is 79.9. The van der Waals surface area contributed by atoms with Gasteiger partial charge in [0.1, 0.15) is 16.4 Å². The molecule has 1 rings (SSSR count). The van der Waals surface area contributed by atoms with Crippen LogP contribution in [0.3, 0.4) is 0 Å². The molecule has 0 saturated heterocycles. The number of alkyl halides is 2. The highest BCUT2D eigenvalue weighted by Crippen LogP contribution is 2.34. The molecule has 0 fully saturated rings. The monoisotopic (exact) mass is 294 g/mol. The average Bonchev–Trinajstić information content (AvgIpc) is 2.20. The Labute approximate surface area is 101 Å². The lowest BCUT2D eigenvalue weighted by Gasteiger charge is -2.12. The van der Waals surface area contributed by atoms with Gasteiger partial charge < -0.3 is 4.74 Å². The zero-order valence-electron chi connectivity index (χ0n) is 7.97. The molecule has 1 atom stereocenters. The maximum atomic E-state index is 12.1. The van der Waals surface area contributed by atoms with Gasteiger partial charge in [-0.2, -0.15) is 0 Å². The molecule has 1 aromatic carbocycles. The lowest BCUT2D eigenvalue weighted by Crippen LogP contribution is -2.04. The Bertz CT molecular complexity index is 370. The molecule has 0 heterocycles. The molecule has 15 heavy (non-hydrogen) atoms. The summed E-state index contributed by atoms with van der Waals surface area (Å²) in [7, 11) is 0. The third-order valence-corrected chi connectivity index (χ3v) is 3.18. The molecule has 2 nitrogen and oxygen atoms in total. The number of carbonyl (C=O) groups is 1. The molecule has 82 valence electrons. The van der Waals surface area contributed by atoms with Crippen LogP contribution in [0.2, 0.25) is 5.02 Å². The van der Waals surface area contributed by atoms with Crippen molar-refractivity contribution in [1.29, 1.82) is 0 Å². The van der Waals surface area contributed by atoms with Crippen molar-refractivity contribution in [2.75, 3.05) is 6.86 Å². The van der Waals surface area contributed by atoms with Gasteiger partial charge in [-0.05, 0) is 25.1 Å². The van der Waals surface area contributed by atoms with Crippen LogP contribution in [-0.4, -0.2) is 12.6 Å². The summed E-state index contributed by atoms with van der Waals surface area (Å²) in [6, 6.07) is 4.69. The van der Waals surface area contributed by atoms with Crippen molar-refractivity contribution in [3.8, 4) is 5.75 Å². The van der Waals surface area contributed by atoms with Crippen molar-refractivity contribution < 1.29 is 13.9 Å². The van der Waals surface area contributed by atoms with Crippen LogP contribution in [0.4, 0.5) is 4.39 Å². The molecule has 0 aliphatic rings. The molecule has 0 bridgehead atoms. The Morgan fingerprint density at radius 3 is 2.87 bits per heavy atom. The van der Waals surface area contributed by atoms with Gasteiger partial charge in [-0.3, -0.25) is 4.79 Å². The number of carbonyl (C=O) groups excluding carboxylic acids is 1. The normalized spacial score (nSPS) is 12.3. The number of halogens is 3. The predicted molar refractivity (Wildman–Crippen MR) is 60.4 cm³/mol. The summed E-state index contributed by atoms with van der Waals surface area (Å²) in [6.07, 6.45) is 0. The number of hydrogen-bond acceptors (Lipinski definition) is 2. The Kier molecular flexibility index (Phi) is 4.54. The maximum Gasteiger partial charge on any atom is 0.228 e. The molecule has 0 saturated carbocycles. The van der Waals surface area contributed by atoms with E-state index in [0.29, 0.717) is 16.3 Å². The van der Waals surface area contributed by atoms with Gasteiger partial charge in [-0.15, -0.1) is 0 Å². The molecule has 0 aliphatic carbocycles. The topological polar surface area (TPSA) is 26.3 Å². The molecule has 5 heteroatoms. The third-order valence-electron chi connectivity index (χ3n) is 1.81. The first-order valence-electron chi connectivity index (χ1n) is 4.19. The molecule has 0 aromatic heterocycles. The van der Waals surface area contributed by atoms with E-state index in [2.05, 4.69) is 15.9 Å². The fourth-order valence-electron chi connectivity index (χ4n) is 1.13. The lowest BCUT2D eigenvalue weighted by atomic mass is 10.1. The van der Waals surface area contributed by atoms with Gasteiger partial charge in [0.15, 0.2) is 0 Å². The number of rotatable bonds is 4. The van der Waals surface area contributed by atoms with E-state index in [1.165, 1.54) is 13.0 Å². The van der Waals surface area contributed by atoms with E-state index in [0.717, 1.165) is 0 Å². The van der Waals surface area contributed by atoms with Crippen molar-refractivity contribution in [2.45, 2.75) is 11.8 Å². The van der Waals surface area contributed by atoms with E-state index in [1.54, 1.807) is 12.1 Å². The summed E-state index contributed by atoms with van der Waals surface area (Å²) >= 11 is 8.98. The Morgan fingerprint density at radius 1 is 1.67 bits per heavy atom. The Hall–Kier alpha value is -0.610. The molecular formula is C10H9BrClFO2. The standard InChI is InChI=1S/C10H9BrClFO2/c1-6(14)10(11)8-4-7(12)2-3-9(8)15-5-13/h2-4,10H,5H2,1H3. The largest absolute Gasteiger partial charge is 0.463 e. The zero-order chi connectivity index (χ0) is 11.4. The van der Waals surface area contributed by atoms with Crippen LogP contribution in [0.5, 0.6) is 5.75 Å². The second-order valence-electron chi connectivity index (χ2n) is 2.91. The van der Waals surface area contributed by atoms with Crippen LogP contribution < -0.4 is 4.74 Å². The minimum absolute atomic E-state index is 0.0963. The van der Waals surface area contributed by atoms with Crippen molar-refractivity contribution in [3.05, 3.63) is 28.8 Å². The fourth-order valence-corrected chi connectivity index (χ4v) is 1.66. The smallest absolute Gasteiger partial charge is 0.228 e. The highest BCUT2D eigenvalue weighted by Gasteiger charge is 2.18. The number of ether oxygens (including phenoxy) is 1. The first kappa shape index (κ1) is 12.5. The van der Waals surface area contributed by atoms with Crippen LogP contribution in [-0.2, 0) is 4.79 Å². The van der Waals surface area contributed by atoms with E-state index in [-0.39, 0.29) is 5.78 Å². The Balaban J connectivity index is 3.11. The second-order valence-corrected chi connectivity index (χ2v) is 4.26. The lowest BCUT2D eigenvalue weighted by molar-refractivity contribution is -0.116. The predicted octanol–water partition coefficient (Wildman–Crippen LogP) is 3.67. The summed E-state index contributed by atoms with van der Waals surface area (Å²) in [5.74, 6) is 0.222. The highest BCUT2D eigenvalue weighted by molar-refractivity contribution is 9.09. The van der Waals surface area contributed by atoms with E-state index >= 15 is 0 Å². The van der Waals surface area contributed by atoms with Crippen LogP contribution in [0.25, 0.3) is 0 Å². The van der Waals surface area contributed by atoms with Gasteiger partial charge in [0.2, 0.25) is 6.86 Å². The SMILES string of the molecule is CC(=O)C(Br)c1cc(Cl)ccc1OCF. The van der Waals surface area contributed by atoms with Crippen molar-refractivity contribution >= 4 is 33.3 Å². The maximum absolute atomic E-state index is 12.1. The summed E-state index contributed by atoms with van der Waals surface area (Å²) in [5.41, 5.74) is 0.535. The van der Waals surface area contributed by atoms with Gasteiger partial charge >= 0.3 is 0 Å². The first-order chi connectivity index (χ1) is 7.06. The van der Waals surface area contributed by atoms with Gasteiger partial charge in [-0.1, -0.05) is 27.5 Å². The van der Waals surface area contributed by atoms with Crippen LogP contribution in [0, 0.1) is 0 Å². The van der Waals surface area contributed by atoms with Gasteiger partial charge in [0, 0.05) is 10.6 Å². The number of benzene rings is 1. The van der Waals surface area contributed by atoms with Gasteiger partial charge in [-0.25, -0.2) is 4.39 Å². The van der Waals surface area contributed by atoms with Crippen molar-refractivity contribution in [2.24, 2.45) is 0 Å². The third kappa shape index (κ3) is 3.18. The van der Waals surface area contributed by atoms with Crippen LogP contribution in [0.1, 0.15) is 17.3 Å². The molecule has 0 spiro atoms. The molecule has 0 amide bonds. The molecule has 1 aromatic rings. The van der Waals surface area contributed by atoms with Crippen LogP contribution >= 0.6 is 27.5 Å². The first-order valence-corrected chi connectivity index (χ1v) is 5.48. The summed E-state index contributed by atoms with van der Waals surface area (Å²) in [6.45, 7) is 0.492. The second kappa shape index (κ2) is 5.47. The molecule has 1 unspecified atom stereocenters. The molecular weight excluding hydrogens is 286 g/mol. The fraction of sp³-hybridized carbons (Fsp3) is 0.300. The van der Waals surface area contributed by atoms with Crippen molar-refractivity contribution in [1.82, 2.24) is 0 Å². The zero-order valence-corrected chi connectivity index (χ0v) is 10.3. The van der Waals surface area contributed by atoms with E-state index < -0.39 is 11.7 Å². The van der Waals surface area contributed by atoms with Gasteiger partial charge in [0.25, 0.3) is 0 Å². The summed E-state index contributed by atoms with van der Waals surface area (Å²) in [5, 5.41) is 0.474. The summed E-state index contributed by atoms with van der Waals surface area (Å²) in [4.78, 5) is 10.6. The van der Waals surface area contributed by atoms with Crippen molar-refractivity contribution in [3.63, 3.8) is 0 Å². The number of Topliss-reactive ketones (excluding diaryl/α,β-unsaturated/α-hetero) is 1. The van der Waals surface area contributed by atoms with Crippen LogP contribution in [0.15, 0.2) is 18.2 Å². The Morgan fingerprint density at radius 2 is 2.33 bits per heavy atom. The number of ketones is 1. The molecule has 0 N–H and O–H groups in total. The van der Waals surface area contributed by atoms with Gasteiger partial charge in [0.05, 0.1) is 0 Å². The average molecular weight is 296 g/mol. The summed E-state index contributed by atoms with van der Waals surface area (Å²) < 4.78 is 16.8. The minimum atomic E-state index is -0.938. The van der Waals surface area contributed by atoms with E-state index in [1.807, 2.05) is 0 Å². The quantitative estimate of drug-likeness (QED) is 0.792. The molecule has 0 aliphatic heterocycles. The number of hydrogen-bond donors (Lipinski definition) is 0.